The zero-order valence-corrected chi connectivity index (χ0v) is 11.1. The molecule has 0 amide bonds. The second-order valence-corrected chi connectivity index (χ2v) is 4.48. The molecular formula is C14H16N4O. The molecule has 0 atom stereocenters. The van der Waals surface area contributed by atoms with Crippen LogP contribution in [0.1, 0.15) is 18.2 Å². The molecule has 2 aromatic rings. The van der Waals surface area contributed by atoms with Crippen LogP contribution in [0.15, 0.2) is 29.2 Å². The van der Waals surface area contributed by atoms with Gasteiger partial charge in [-0.05, 0) is 25.1 Å². The van der Waals surface area contributed by atoms with E-state index in [1.165, 1.54) is 6.07 Å². The summed E-state index contributed by atoms with van der Waals surface area (Å²) in [6.45, 7) is 5.53. The predicted octanol–water partition coefficient (Wildman–Crippen LogP) is 1.35. The number of aromatic nitrogens is 2. The highest BCUT2D eigenvalue weighted by Gasteiger charge is 2.07. The van der Waals surface area contributed by atoms with E-state index in [1.54, 1.807) is 10.6 Å². The Hall–Kier alpha value is -2.19. The van der Waals surface area contributed by atoms with Crippen molar-refractivity contribution in [2.75, 3.05) is 13.1 Å². The average Bonchev–Trinajstić information content (AvgIpc) is 2.39. The van der Waals surface area contributed by atoms with Gasteiger partial charge in [0.25, 0.3) is 5.56 Å². The molecule has 0 fully saturated rings. The third-order valence-corrected chi connectivity index (χ3v) is 2.99. The summed E-state index contributed by atoms with van der Waals surface area (Å²) in [5.41, 5.74) is 2.27. The summed E-state index contributed by atoms with van der Waals surface area (Å²) in [6.07, 6.45) is 1.78. The van der Waals surface area contributed by atoms with E-state index in [1.807, 2.05) is 30.9 Å². The molecule has 5 nitrogen and oxygen atoms in total. The van der Waals surface area contributed by atoms with Crippen molar-refractivity contribution in [3.8, 4) is 6.07 Å². The van der Waals surface area contributed by atoms with Gasteiger partial charge in [0.2, 0.25) is 0 Å². The summed E-state index contributed by atoms with van der Waals surface area (Å²) in [7, 11) is 0. The van der Waals surface area contributed by atoms with Crippen LogP contribution in [0.5, 0.6) is 0 Å². The third-order valence-electron chi connectivity index (χ3n) is 2.99. The quantitative estimate of drug-likeness (QED) is 0.775. The number of rotatable bonds is 4. The molecule has 5 heteroatoms. The maximum atomic E-state index is 12.0. The fraction of sp³-hybridized carbons (Fsp3) is 0.357. The minimum absolute atomic E-state index is 0.0864. The van der Waals surface area contributed by atoms with Crippen LogP contribution in [-0.2, 0) is 6.54 Å². The molecule has 0 saturated carbocycles. The van der Waals surface area contributed by atoms with Crippen LogP contribution in [-0.4, -0.2) is 27.4 Å². The Morgan fingerprint density at radius 2 is 2.26 bits per heavy atom. The summed E-state index contributed by atoms with van der Waals surface area (Å²) < 4.78 is 1.54. The first-order valence-electron chi connectivity index (χ1n) is 6.22. The van der Waals surface area contributed by atoms with Gasteiger partial charge in [-0.1, -0.05) is 13.0 Å². The van der Waals surface area contributed by atoms with Crippen molar-refractivity contribution in [3.63, 3.8) is 0 Å². The summed E-state index contributed by atoms with van der Waals surface area (Å²) in [5.74, 6) is 0. The Morgan fingerprint density at radius 1 is 1.47 bits per heavy atom. The largest absolute Gasteiger partial charge is 0.285 e. The second-order valence-electron chi connectivity index (χ2n) is 4.48. The van der Waals surface area contributed by atoms with Gasteiger partial charge < -0.3 is 0 Å². The maximum Gasteiger partial charge on any atom is 0.258 e. The molecule has 0 spiro atoms. The van der Waals surface area contributed by atoms with E-state index < -0.39 is 0 Å². The average molecular weight is 256 g/mol. The number of nitrogens with zero attached hydrogens (tertiary/aromatic N) is 4. The Morgan fingerprint density at radius 3 is 2.95 bits per heavy atom. The van der Waals surface area contributed by atoms with E-state index in [0.717, 1.165) is 12.1 Å². The first-order valence-corrected chi connectivity index (χ1v) is 6.22. The molecule has 0 bridgehead atoms. The summed E-state index contributed by atoms with van der Waals surface area (Å²) in [6, 6.07) is 7.41. The summed E-state index contributed by atoms with van der Waals surface area (Å²) in [4.78, 5) is 18.4. The minimum atomic E-state index is -0.0864. The molecule has 19 heavy (non-hydrogen) atoms. The van der Waals surface area contributed by atoms with Crippen LogP contribution in [0.2, 0.25) is 0 Å². The second kappa shape index (κ2) is 5.63. The normalized spacial score (nSPS) is 10.8. The fourth-order valence-electron chi connectivity index (χ4n) is 1.95. The van der Waals surface area contributed by atoms with Crippen LogP contribution in [0.25, 0.3) is 5.65 Å². The first kappa shape index (κ1) is 13.2. The van der Waals surface area contributed by atoms with Crippen molar-refractivity contribution >= 4 is 5.65 Å². The number of hydrogen-bond acceptors (Lipinski definition) is 4. The van der Waals surface area contributed by atoms with Crippen molar-refractivity contribution < 1.29 is 0 Å². The predicted molar refractivity (Wildman–Crippen MR) is 72.8 cm³/mol. The van der Waals surface area contributed by atoms with E-state index in [9.17, 15) is 4.79 Å². The van der Waals surface area contributed by atoms with Gasteiger partial charge in [-0.3, -0.25) is 14.1 Å². The van der Waals surface area contributed by atoms with Crippen molar-refractivity contribution in [2.24, 2.45) is 0 Å². The standard InChI is InChI=1S/C14H16N4O/c1-3-17(7-6-15)10-12-8-14(19)18-9-11(2)4-5-13(18)16-12/h4-5,8-9H,3,7,10H2,1-2H3. The van der Waals surface area contributed by atoms with Crippen molar-refractivity contribution in [2.45, 2.75) is 20.4 Å². The molecule has 2 rings (SSSR count). The first-order chi connectivity index (χ1) is 9.13. The maximum absolute atomic E-state index is 12.0. The van der Waals surface area contributed by atoms with Gasteiger partial charge in [0.15, 0.2) is 0 Å². The van der Waals surface area contributed by atoms with E-state index in [-0.39, 0.29) is 5.56 Å². The van der Waals surface area contributed by atoms with Crippen LogP contribution >= 0.6 is 0 Å². The highest BCUT2D eigenvalue weighted by Crippen LogP contribution is 2.04. The molecule has 0 saturated heterocycles. The van der Waals surface area contributed by atoms with Crippen molar-refractivity contribution in [1.29, 1.82) is 5.26 Å². The molecule has 98 valence electrons. The molecule has 2 aromatic heterocycles. The minimum Gasteiger partial charge on any atom is -0.285 e. The van der Waals surface area contributed by atoms with Gasteiger partial charge in [-0.25, -0.2) is 4.98 Å². The van der Waals surface area contributed by atoms with Crippen LogP contribution in [0.4, 0.5) is 0 Å². The number of pyridine rings is 1. The molecule has 0 N–H and O–H groups in total. The van der Waals surface area contributed by atoms with E-state index in [0.29, 0.717) is 24.4 Å². The zero-order chi connectivity index (χ0) is 13.8. The van der Waals surface area contributed by atoms with Crippen molar-refractivity contribution in [3.05, 3.63) is 46.0 Å². The van der Waals surface area contributed by atoms with Gasteiger partial charge >= 0.3 is 0 Å². The Bertz CT molecular complexity index is 684. The number of hydrogen-bond donors (Lipinski definition) is 0. The molecule has 0 aliphatic rings. The highest BCUT2D eigenvalue weighted by molar-refractivity contribution is 5.39. The van der Waals surface area contributed by atoms with E-state index in [2.05, 4.69) is 11.1 Å². The topological polar surface area (TPSA) is 61.4 Å². The zero-order valence-electron chi connectivity index (χ0n) is 11.1. The Kier molecular flexibility index (Phi) is 3.93. The summed E-state index contributed by atoms with van der Waals surface area (Å²) >= 11 is 0. The molecular weight excluding hydrogens is 240 g/mol. The molecule has 0 aromatic carbocycles. The van der Waals surface area contributed by atoms with E-state index in [4.69, 9.17) is 5.26 Å². The van der Waals surface area contributed by atoms with Crippen LogP contribution in [0.3, 0.4) is 0 Å². The number of aryl methyl sites for hydroxylation is 1. The van der Waals surface area contributed by atoms with Crippen molar-refractivity contribution in [1.82, 2.24) is 14.3 Å². The molecule has 0 radical (unpaired) electrons. The lowest BCUT2D eigenvalue weighted by Gasteiger charge is -2.16. The van der Waals surface area contributed by atoms with E-state index >= 15 is 0 Å². The molecule has 0 aliphatic carbocycles. The third kappa shape index (κ3) is 2.98. The SMILES string of the molecule is CCN(CC#N)Cc1cc(=O)n2cc(C)ccc2n1. The molecule has 2 heterocycles. The van der Waals surface area contributed by atoms with Crippen LogP contribution in [0, 0.1) is 18.3 Å². The fourth-order valence-corrected chi connectivity index (χ4v) is 1.95. The smallest absolute Gasteiger partial charge is 0.258 e. The van der Waals surface area contributed by atoms with Gasteiger partial charge in [0.05, 0.1) is 18.3 Å². The molecule has 0 unspecified atom stereocenters. The lowest BCUT2D eigenvalue weighted by Crippen LogP contribution is -2.25. The van der Waals surface area contributed by atoms with Gasteiger partial charge in [-0.15, -0.1) is 0 Å². The molecule has 0 aliphatic heterocycles. The van der Waals surface area contributed by atoms with Gasteiger partial charge in [0.1, 0.15) is 5.65 Å². The Labute approximate surface area is 111 Å². The summed E-state index contributed by atoms with van der Waals surface area (Å²) in [5, 5.41) is 8.72. The van der Waals surface area contributed by atoms with Gasteiger partial charge in [0, 0.05) is 18.8 Å². The highest BCUT2D eigenvalue weighted by atomic mass is 16.1. The lowest BCUT2D eigenvalue weighted by molar-refractivity contribution is 0.311. The van der Waals surface area contributed by atoms with Gasteiger partial charge in [-0.2, -0.15) is 5.26 Å². The number of fused-ring (bicyclic) bond motifs is 1. The monoisotopic (exact) mass is 256 g/mol. The number of nitriles is 1. The van der Waals surface area contributed by atoms with Crippen LogP contribution < -0.4 is 5.56 Å². The lowest BCUT2D eigenvalue weighted by atomic mass is 10.3. The Balaban J connectivity index is 2.39.